The van der Waals surface area contributed by atoms with Gasteiger partial charge in [0, 0.05) is 12.5 Å². The number of esters is 1. The van der Waals surface area contributed by atoms with Gasteiger partial charge in [-0.3, -0.25) is 0 Å². The molecule has 0 aromatic carbocycles. The maximum absolute atomic E-state index is 12.8. The van der Waals surface area contributed by atoms with Gasteiger partial charge in [-0.15, -0.1) is 0 Å². The Morgan fingerprint density at radius 2 is 1.26 bits per heavy atom. The maximum Gasteiger partial charge on any atom is 0.486 e. The molecule has 1 aliphatic heterocycles. The number of hydrogen-bond acceptors (Lipinski definition) is 7. The van der Waals surface area contributed by atoms with Gasteiger partial charge in [0.05, 0.1) is 35.6 Å². The number of hydrogen-bond donors (Lipinski definition) is 0. The third kappa shape index (κ3) is 11.8. The van der Waals surface area contributed by atoms with Gasteiger partial charge in [0.2, 0.25) is 0 Å². The lowest BCUT2D eigenvalue weighted by molar-refractivity contribution is -0.137. The molecule has 274 valence electrons. The second kappa shape index (κ2) is 17.6. The summed E-state index contributed by atoms with van der Waals surface area (Å²) in [6.45, 7) is 37.4. The van der Waals surface area contributed by atoms with Gasteiger partial charge in [-0.25, -0.2) is 4.79 Å². The van der Waals surface area contributed by atoms with Crippen LogP contribution in [0.3, 0.4) is 0 Å². The van der Waals surface area contributed by atoms with E-state index in [4.69, 9.17) is 27.3 Å². The Bertz CT molecular complexity index is 1000. The fourth-order valence-electron chi connectivity index (χ4n) is 5.88. The molecule has 47 heavy (non-hydrogen) atoms. The van der Waals surface area contributed by atoms with Crippen LogP contribution in [-0.2, 0) is 32.1 Å². The number of carbonyl (C=O) groups excluding carboxylic acids is 1. The number of ether oxygens (including phenoxy) is 1. The third-order valence-corrected chi connectivity index (χ3v) is 25.5. The largest absolute Gasteiger partial charge is 0.486 e. The summed E-state index contributed by atoms with van der Waals surface area (Å²) in [5, 5.41) is 0.00681. The zero-order chi connectivity index (χ0) is 36.5. The summed E-state index contributed by atoms with van der Waals surface area (Å²) in [5.74, 6) is 1.66. The molecule has 1 saturated heterocycles. The molecule has 0 aliphatic carbocycles. The average Bonchev–Trinajstić information content (AvgIpc) is 3.20. The first-order chi connectivity index (χ1) is 21.5. The van der Waals surface area contributed by atoms with Crippen molar-refractivity contribution in [2.24, 2.45) is 0 Å². The first kappa shape index (κ1) is 44.5. The van der Waals surface area contributed by atoms with Crippen molar-refractivity contribution in [3.63, 3.8) is 0 Å². The molecule has 0 N–H and O–H groups in total. The van der Waals surface area contributed by atoms with Crippen molar-refractivity contribution < 1.29 is 32.1 Å². The molecule has 0 spiro atoms. The molecule has 3 atom stereocenters. The quantitative estimate of drug-likeness (QED) is 0.0707. The molecule has 0 unspecified atom stereocenters. The smallest absolute Gasteiger partial charge is 0.463 e. The minimum atomic E-state index is -2.23. The molecule has 0 bridgehead atoms. The van der Waals surface area contributed by atoms with Gasteiger partial charge in [-0.2, -0.15) is 0 Å². The fourth-order valence-corrected chi connectivity index (χ4v) is 13.2. The lowest BCUT2D eigenvalue weighted by Gasteiger charge is -2.48. The predicted octanol–water partition coefficient (Wildman–Crippen LogP) is 10.2. The lowest BCUT2D eigenvalue weighted by atomic mass is 9.87. The maximum atomic E-state index is 12.8. The second-order valence-electron chi connectivity index (χ2n) is 16.1. The first-order valence-corrected chi connectivity index (χ1v) is 26.4. The Hall–Kier alpha value is -0.534. The van der Waals surface area contributed by atoms with Gasteiger partial charge in [0.25, 0.3) is 0 Å². The second-order valence-corrected chi connectivity index (χ2v) is 30.3. The lowest BCUT2D eigenvalue weighted by Crippen LogP contribution is -2.56. The third-order valence-electron chi connectivity index (χ3n) is 11.6. The van der Waals surface area contributed by atoms with Gasteiger partial charge in [-0.05, 0) is 102 Å². The van der Waals surface area contributed by atoms with Crippen LogP contribution in [0.15, 0.2) is 24.2 Å². The van der Waals surface area contributed by atoms with Crippen LogP contribution in [0.2, 0.25) is 54.4 Å². The van der Waals surface area contributed by atoms with Crippen LogP contribution in [-0.4, -0.2) is 73.7 Å². The van der Waals surface area contributed by atoms with Crippen LogP contribution < -0.4 is 0 Å². The zero-order valence-corrected chi connectivity index (χ0v) is 36.6. The van der Waals surface area contributed by atoms with E-state index in [0.717, 1.165) is 36.3 Å². The minimum Gasteiger partial charge on any atom is -0.463 e. The monoisotopic (exact) mass is 712 g/mol. The molecule has 0 aromatic heterocycles. The van der Waals surface area contributed by atoms with Crippen LogP contribution in [0.25, 0.3) is 0 Å². The highest BCUT2D eigenvalue weighted by Gasteiger charge is 2.51. The Labute approximate surface area is 293 Å². The van der Waals surface area contributed by atoms with Crippen molar-refractivity contribution in [1.82, 2.24) is 0 Å². The van der Waals surface area contributed by atoms with Gasteiger partial charge < -0.3 is 27.3 Å². The van der Waals surface area contributed by atoms with E-state index in [-0.39, 0.29) is 23.2 Å². The van der Waals surface area contributed by atoms with E-state index in [1.165, 1.54) is 0 Å². The Balaban J connectivity index is 3.91. The molecule has 0 aromatic rings. The highest BCUT2D eigenvalue weighted by molar-refractivity contribution is 6.74. The molecule has 11 heteroatoms. The van der Waals surface area contributed by atoms with Gasteiger partial charge in [-0.1, -0.05) is 74.4 Å². The first-order valence-electron chi connectivity index (χ1n) is 18.5. The van der Waals surface area contributed by atoms with Crippen molar-refractivity contribution in [3.05, 3.63) is 24.2 Å². The van der Waals surface area contributed by atoms with Crippen molar-refractivity contribution in [1.29, 1.82) is 0 Å². The van der Waals surface area contributed by atoms with E-state index in [9.17, 15) is 4.79 Å². The predicted molar refractivity (Wildman–Crippen MR) is 206 cm³/mol. The number of carbonyl (C=O) groups is 1. The summed E-state index contributed by atoms with van der Waals surface area (Å²) < 4.78 is 40.1. The Kier molecular flexibility index (Phi) is 16.7. The summed E-state index contributed by atoms with van der Waals surface area (Å²) in [5.41, 5.74) is -1.74. The van der Waals surface area contributed by atoms with E-state index >= 15 is 0 Å². The van der Waals surface area contributed by atoms with E-state index in [2.05, 4.69) is 116 Å². The molecular weight excluding hydrogens is 639 g/mol. The van der Waals surface area contributed by atoms with E-state index in [0.29, 0.717) is 13.0 Å². The SMILES string of the molecule is CCOC(=O)/C=C/[C@@](C)(O[Si](CC)(CC)CC)[C@@H](C[C@H](/C=C\B1OC(C)(C)C(C)(C)O1)O[Si](C)(C)C(C)(C)C)O[Si](CC)(CC)CC. The standard InChI is InChI=1S/C36H73BO7Si3/c1-18-39-32(38)25-27-36(15,44-47(22-5,23-6)24-7)31(41-46(19-2,20-3)21-4)29-30(40-45(16,17)33(8,9)10)26-28-37-42-34(11,12)35(13,14)43-37/h25-28,30-31H,18-24,29H2,1-17H3/b27-25+,28-26-/t30-,31+,36+/m0/s1. The summed E-state index contributed by atoms with van der Waals surface area (Å²) in [6, 6.07) is 5.97. The summed E-state index contributed by atoms with van der Waals surface area (Å²) in [7, 11) is -7.03. The topological polar surface area (TPSA) is 72.5 Å². The van der Waals surface area contributed by atoms with Gasteiger partial charge >= 0.3 is 13.1 Å². The van der Waals surface area contributed by atoms with E-state index in [1.807, 2.05) is 19.0 Å². The van der Waals surface area contributed by atoms with Crippen LogP contribution >= 0.6 is 0 Å². The van der Waals surface area contributed by atoms with Crippen LogP contribution in [0.4, 0.5) is 0 Å². The van der Waals surface area contributed by atoms with Gasteiger partial charge in [0.1, 0.15) is 0 Å². The highest BCUT2D eigenvalue weighted by atomic mass is 28.4. The van der Waals surface area contributed by atoms with Crippen molar-refractivity contribution >= 4 is 38.0 Å². The van der Waals surface area contributed by atoms with E-state index < -0.39 is 48.9 Å². The molecule has 0 amide bonds. The molecular formula is C36H73BO7Si3. The normalized spacial score (nSPS) is 20.1. The summed E-state index contributed by atoms with van der Waals surface area (Å²) in [4.78, 5) is 12.8. The van der Waals surface area contributed by atoms with Crippen LogP contribution in [0.5, 0.6) is 0 Å². The van der Waals surface area contributed by atoms with Crippen molar-refractivity contribution in [3.8, 4) is 0 Å². The fraction of sp³-hybridized carbons (Fsp3) is 0.861. The molecule has 1 fully saturated rings. The summed E-state index contributed by atoms with van der Waals surface area (Å²) >= 11 is 0. The Morgan fingerprint density at radius 3 is 1.66 bits per heavy atom. The molecule has 0 radical (unpaired) electrons. The van der Waals surface area contributed by atoms with E-state index in [1.54, 1.807) is 6.08 Å². The highest BCUT2D eigenvalue weighted by Crippen LogP contribution is 2.42. The molecule has 1 aliphatic rings. The molecule has 0 saturated carbocycles. The van der Waals surface area contributed by atoms with Crippen LogP contribution in [0.1, 0.15) is 110 Å². The zero-order valence-electron chi connectivity index (χ0n) is 33.6. The van der Waals surface area contributed by atoms with Crippen molar-refractivity contribution in [2.45, 2.75) is 194 Å². The molecule has 1 rings (SSSR count). The minimum absolute atomic E-state index is 0.00681. The van der Waals surface area contributed by atoms with Crippen molar-refractivity contribution in [2.75, 3.05) is 6.61 Å². The number of rotatable bonds is 20. The molecule has 7 nitrogen and oxygen atoms in total. The Morgan fingerprint density at radius 1 is 0.787 bits per heavy atom. The molecule has 1 heterocycles. The van der Waals surface area contributed by atoms with Gasteiger partial charge in [0.15, 0.2) is 25.0 Å². The average molecular weight is 713 g/mol. The summed E-state index contributed by atoms with van der Waals surface area (Å²) in [6.07, 6.45) is 5.55. The van der Waals surface area contributed by atoms with Crippen LogP contribution in [0, 0.1) is 0 Å².